The first-order valence-corrected chi connectivity index (χ1v) is 17.0. The second-order valence-corrected chi connectivity index (χ2v) is 17.0. The van der Waals surface area contributed by atoms with Crippen LogP contribution in [0.2, 0.25) is 0 Å². The van der Waals surface area contributed by atoms with E-state index in [0.717, 1.165) is 45.8 Å². The molecule has 2 fully saturated rings. The smallest absolute Gasteiger partial charge is 0.410 e. The Hall–Kier alpha value is 0.840. The second-order valence-electron chi connectivity index (χ2n) is 10.8. The van der Waals surface area contributed by atoms with E-state index in [9.17, 15) is 4.79 Å². The maximum Gasteiger partial charge on any atom is 0.410 e. The molecule has 2 saturated heterocycles. The molecule has 0 bridgehead atoms. The lowest BCUT2D eigenvalue weighted by atomic mass is 10.1. The average molecular weight is 577 g/mol. The second kappa shape index (κ2) is 16.6. The van der Waals surface area contributed by atoms with Gasteiger partial charge in [0.15, 0.2) is 0 Å². The van der Waals surface area contributed by atoms with Gasteiger partial charge in [-0.05, 0) is 61.0 Å². The van der Waals surface area contributed by atoms with E-state index in [-0.39, 0.29) is 23.2 Å². The lowest BCUT2D eigenvalue weighted by Gasteiger charge is -2.38. The van der Waals surface area contributed by atoms with Crippen LogP contribution in [0.25, 0.3) is 0 Å². The Bertz CT molecular complexity index is 566. The van der Waals surface area contributed by atoms with E-state index in [4.69, 9.17) is 4.74 Å². The molecule has 2 aliphatic rings. The highest BCUT2D eigenvalue weighted by atomic mass is 35.5. The first-order chi connectivity index (χ1) is 15.3. The van der Waals surface area contributed by atoms with Crippen molar-refractivity contribution in [3.05, 3.63) is 0 Å². The molecule has 2 rings (SSSR count). The van der Waals surface area contributed by atoms with Crippen LogP contribution in [0.1, 0.15) is 48.5 Å². The third-order valence-corrected chi connectivity index (χ3v) is 10.3. The van der Waals surface area contributed by atoms with Crippen molar-refractivity contribution in [2.75, 3.05) is 78.0 Å². The molecule has 11 heteroatoms. The van der Waals surface area contributed by atoms with Crippen molar-refractivity contribution in [3.63, 3.8) is 0 Å². The Kier molecular flexibility index (Phi) is 17.0. The summed E-state index contributed by atoms with van der Waals surface area (Å²) >= 11 is 0. The van der Waals surface area contributed by atoms with Crippen LogP contribution in [0, 0.1) is 0 Å². The predicted octanol–water partition coefficient (Wildman–Crippen LogP) is 5.43. The van der Waals surface area contributed by atoms with E-state index < -0.39 is 5.60 Å². The van der Waals surface area contributed by atoms with Gasteiger partial charge in [0.1, 0.15) is 5.60 Å². The van der Waals surface area contributed by atoms with Crippen molar-refractivity contribution in [1.29, 1.82) is 0 Å². The highest BCUT2D eigenvalue weighted by Gasteiger charge is 2.29. The summed E-state index contributed by atoms with van der Waals surface area (Å²) in [6.45, 7) is 25.3. The summed E-state index contributed by atoms with van der Waals surface area (Å²) in [4.78, 5) is 18.8. The molecule has 2 heterocycles. The molecule has 0 unspecified atom stereocenters. The van der Waals surface area contributed by atoms with E-state index in [1.54, 1.807) is 0 Å². The van der Waals surface area contributed by atoms with E-state index >= 15 is 0 Å². The van der Waals surface area contributed by atoms with E-state index in [0.29, 0.717) is 4.75 Å². The van der Waals surface area contributed by atoms with Crippen LogP contribution in [0.3, 0.4) is 0 Å². The van der Waals surface area contributed by atoms with Gasteiger partial charge in [-0.25, -0.2) is 4.79 Å². The molecule has 0 aromatic rings. The van der Waals surface area contributed by atoms with Gasteiger partial charge in [-0.3, -0.25) is 9.80 Å². The van der Waals surface area contributed by atoms with Crippen molar-refractivity contribution >= 4 is 61.7 Å². The number of rotatable bonds is 8. The third kappa shape index (κ3) is 15.8. The summed E-state index contributed by atoms with van der Waals surface area (Å²) < 4.78 is 6.04. The van der Waals surface area contributed by atoms with Gasteiger partial charge in [0.25, 0.3) is 0 Å². The van der Waals surface area contributed by atoms with Gasteiger partial charge >= 0.3 is 6.09 Å². The Morgan fingerprint density at radius 1 is 0.765 bits per heavy atom. The summed E-state index contributed by atoms with van der Waals surface area (Å²) in [5, 5.41) is 3.38. The Morgan fingerprint density at radius 2 is 1.18 bits per heavy atom. The monoisotopic (exact) mass is 576 g/mol. The molecular weight excluding hydrogens is 528 g/mol. The van der Waals surface area contributed by atoms with Crippen LogP contribution >= 0.6 is 55.6 Å². The lowest BCUT2D eigenvalue weighted by molar-refractivity contribution is 0.0141. The third-order valence-electron chi connectivity index (χ3n) is 5.06. The molecule has 0 saturated carbocycles. The summed E-state index contributed by atoms with van der Waals surface area (Å²) in [6, 6.07) is 0. The Labute approximate surface area is 231 Å². The fourth-order valence-corrected chi connectivity index (χ4v) is 8.26. The summed E-state index contributed by atoms with van der Waals surface area (Å²) in [6.07, 6.45) is 4.09. The van der Waals surface area contributed by atoms with Gasteiger partial charge in [0.2, 0.25) is 0 Å². The SMILES string of the molecule is CSSC(C)(C)CN1CCN(C(=O)OC(C)(C)C)CC1.CSSC(C)(C)CN1CCNCC1.Cl. The minimum atomic E-state index is -0.412. The van der Waals surface area contributed by atoms with Crippen LogP contribution in [0.15, 0.2) is 0 Å². The zero-order valence-corrected chi connectivity index (χ0v) is 26.9. The van der Waals surface area contributed by atoms with E-state index in [1.807, 2.05) is 68.8 Å². The number of piperazine rings is 2. The number of amides is 1. The van der Waals surface area contributed by atoms with E-state index in [2.05, 4.69) is 55.3 Å². The number of hydrogen-bond acceptors (Lipinski definition) is 9. The average Bonchev–Trinajstić information content (AvgIpc) is 2.67. The zero-order valence-electron chi connectivity index (χ0n) is 22.8. The van der Waals surface area contributed by atoms with Gasteiger partial charge in [-0.1, -0.05) is 43.2 Å². The molecule has 0 radical (unpaired) electrons. The Morgan fingerprint density at radius 3 is 1.56 bits per heavy atom. The van der Waals surface area contributed by atoms with Crippen molar-refractivity contribution in [2.45, 2.75) is 63.6 Å². The topological polar surface area (TPSA) is 48.1 Å². The van der Waals surface area contributed by atoms with Crippen LogP contribution < -0.4 is 5.32 Å². The maximum atomic E-state index is 12.0. The van der Waals surface area contributed by atoms with Crippen molar-refractivity contribution in [3.8, 4) is 0 Å². The quantitative estimate of drug-likeness (QED) is 0.381. The zero-order chi connectivity index (χ0) is 25.1. The summed E-state index contributed by atoms with van der Waals surface area (Å²) in [7, 11) is 7.58. The number of ether oxygens (including phenoxy) is 1. The van der Waals surface area contributed by atoms with Gasteiger partial charge < -0.3 is 15.0 Å². The fourth-order valence-electron chi connectivity index (χ4n) is 3.87. The predicted molar refractivity (Wildman–Crippen MR) is 161 cm³/mol. The number of carbonyl (C=O) groups excluding carboxylic acids is 1. The van der Waals surface area contributed by atoms with Gasteiger partial charge in [-0.15, -0.1) is 12.4 Å². The highest BCUT2D eigenvalue weighted by Crippen LogP contribution is 2.35. The molecule has 2 aliphatic heterocycles. The first kappa shape index (κ1) is 34.8. The molecule has 34 heavy (non-hydrogen) atoms. The molecule has 1 N–H and O–H groups in total. The van der Waals surface area contributed by atoms with Gasteiger partial charge in [-0.2, -0.15) is 0 Å². The molecule has 6 nitrogen and oxygen atoms in total. The van der Waals surface area contributed by atoms with Crippen molar-refractivity contribution < 1.29 is 9.53 Å². The number of carbonyl (C=O) groups is 1. The van der Waals surface area contributed by atoms with E-state index in [1.165, 1.54) is 19.6 Å². The molecule has 1 amide bonds. The number of hydrogen-bond donors (Lipinski definition) is 1. The first-order valence-electron chi connectivity index (χ1n) is 11.8. The largest absolute Gasteiger partial charge is 0.444 e. The number of nitrogens with zero attached hydrogens (tertiary/aromatic N) is 3. The van der Waals surface area contributed by atoms with Crippen LogP contribution in [0.5, 0.6) is 0 Å². The molecule has 0 aromatic carbocycles. The Balaban J connectivity index is 0.000000676. The van der Waals surface area contributed by atoms with Gasteiger partial charge in [0.05, 0.1) is 0 Å². The van der Waals surface area contributed by atoms with Crippen molar-refractivity contribution in [2.24, 2.45) is 0 Å². The lowest BCUT2D eigenvalue weighted by Crippen LogP contribution is -2.52. The van der Waals surface area contributed by atoms with Crippen LogP contribution in [0.4, 0.5) is 4.79 Å². The molecule has 0 aromatic heterocycles. The number of nitrogens with one attached hydrogen (secondary N) is 1. The minimum absolute atomic E-state index is 0. The summed E-state index contributed by atoms with van der Waals surface area (Å²) in [5.74, 6) is 0. The maximum absolute atomic E-state index is 12.0. The van der Waals surface area contributed by atoms with Crippen molar-refractivity contribution in [1.82, 2.24) is 20.0 Å². The molecule has 0 atom stereocenters. The minimum Gasteiger partial charge on any atom is -0.444 e. The number of halogens is 1. The highest BCUT2D eigenvalue weighted by molar-refractivity contribution is 8.77. The fraction of sp³-hybridized carbons (Fsp3) is 0.957. The summed E-state index contributed by atoms with van der Waals surface area (Å²) in [5.41, 5.74) is -0.412. The van der Waals surface area contributed by atoms with Crippen LogP contribution in [-0.2, 0) is 4.74 Å². The van der Waals surface area contributed by atoms with Crippen LogP contribution in [-0.4, -0.2) is 114 Å². The molecule has 204 valence electrons. The van der Waals surface area contributed by atoms with Gasteiger partial charge in [0, 0.05) is 74.9 Å². The molecule has 0 spiro atoms. The standard InChI is InChI=1S/C14H28N2O2S2.C9H20N2S2.ClH/c1-13(2,3)18-12(17)16-9-7-15(8-10-16)11-14(4,5)20-19-6;1-9(2,13-12-3)8-11-6-4-10-5-7-11;/h7-11H2,1-6H3;10H,4-8H2,1-3H3;1H. The molecule has 0 aliphatic carbocycles. The molecular formula is C23H49ClN4O2S4. The normalized spacial score (nSPS) is 18.6.